The average molecular weight is 396 g/mol. The van der Waals surface area contributed by atoms with E-state index >= 15 is 0 Å². The van der Waals surface area contributed by atoms with E-state index in [1.165, 1.54) is 40.9 Å². The van der Waals surface area contributed by atoms with Gasteiger partial charge in [-0.15, -0.1) is 11.8 Å². The van der Waals surface area contributed by atoms with E-state index in [1.807, 2.05) is 12.1 Å². The van der Waals surface area contributed by atoms with Gasteiger partial charge in [-0.3, -0.25) is 9.59 Å². The number of nitrogens with one attached hydrogen (secondary N) is 1. The molecule has 5 nitrogen and oxygen atoms in total. The van der Waals surface area contributed by atoms with E-state index in [9.17, 15) is 22.8 Å². The normalized spacial score (nSPS) is 13.9. The Labute approximate surface area is 157 Å². The number of fused-ring (bicyclic) bond motifs is 1. The molecule has 0 saturated carbocycles. The number of amides is 2. The van der Waals surface area contributed by atoms with E-state index in [4.69, 9.17) is 0 Å². The third-order valence-corrected chi connectivity index (χ3v) is 4.68. The van der Waals surface area contributed by atoms with Crippen molar-refractivity contribution in [3.05, 3.63) is 48.5 Å². The molecule has 0 radical (unpaired) electrons. The lowest BCUT2D eigenvalue weighted by Gasteiger charge is -2.28. The Morgan fingerprint density at radius 2 is 1.96 bits per heavy atom. The predicted octanol–water partition coefficient (Wildman–Crippen LogP) is 3.71. The van der Waals surface area contributed by atoms with Crippen molar-refractivity contribution < 1.29 is 27.5 Å². The molecule has 2 amide bonds. The van der Waals surface area contributed by atoms with Crippen LogP contribution in [0.15, 0.2) is 53.4 Å². The summed E-state index contributed by atoms with van der Waals surface area (Å²) in [5.74, 6) is -0.416. The summed E-state index contributed by atoms with van der Waals surface area (Å²) >= 11 is 1.41. The van der Waals surface area contributed by atoms with Crippen molar-refractivity contribution in [3.63, 3.8) is 0 Å². The first-order valence-corrected chi connectivity index (χ1v) is 8.92. The Kier molecular flexibility index (Phi) is 5.59. The lowest BCUT2D eigenvalue weighted by atomic mass is 10.2. The molecule has 0 atom stereocenters. The van der Waals surface area contributed by atoms with Crippen LogP contribution in [0.1, 0.15) is 0 Å². The van der Waals surface area contributed by atoms with E-state index in [0.29, 0.717) is 5.69 Å². The number of para-hydroxylation sites is 1. The zero-order valence-electron chi connectivity index (χ0n) is 14.0. The number of hydrogen-bond acceptors (Lipinski definition) is 4. The summed E-state index contributed by atoms with van der Waals surface area (Å²) in [4.78, 5) is 26.8. The molecule has 0 spiro atoms. The van der Waals surface area contributed by atoms with Gasteiger partial charge in [0.05, 0.1) is 11.4 Å². The summed E-state index contributed by atoms with van der Waals surface area (Å²) in [6.45, 7) is -1.61. The zero-order valence-corrected chi connectivity index (χ0v) is 14.8. The molecule has 1 aliphatic rings. The maximum absolute atomic E-state index is 12.3. The van der Waals surface area contributed by atoms with Crippen LogP contribution in [0.5, 0.6) is 5.75 Å². The summed E-state index contributed by atoms with van der Waals surface area (Å²) in [5, 5.41) is 2.58. The molecule has 0 fully saturated rings. The molecule has 2 aromatic rings. The number of anilines is 2. The minimum Gasteiger partial charge on any atom is -0.484 e. The summed E-state index contributed by atoms with van der Waals surface area (Å²) in [5.41, 5.74) is 0.947. The molecular formula is C18H15F3N2O3S. The van der Waals surface area contributed by atoms with Gasteiger partial charge in [-0.25, -0.2) is 0 Å². The molecule has 0 bridgehead atoms. The monoisotopic (exact) mass is 396 g/mol. The number of hydrogen-bond donors (Lipinski definition) is 1. The van der Waals surface area contributed by atoms with Gasteiger partial charge in [0, 0.05) is 16.6 Å². The average Bonchev–Trinajstić information content (AvgIpc) is 2.62. The van der Waals surface area contributed by atoms with Crippen LogP contribution in [0.3, 0.4) is 0 Å². The van der Waals surface area contributed by atoms with Crippen LogP contribution < -0.4 is 15.0 Å². The molecule has 0 unspecified atom stereocenters. The molecule has 142 valence electrons. The molecule has 3 rings (SSSR count). The molecule has 27 heavy (non-hydrogen) atoms. The molecule has 1 aliphatic heterocycles. The Morgan fingerprint density at radius 3 is 2.74 bits per heavy atom. The van der Waals surface area contributed by atoms with E-state index < -0.39 is 18.7 Å². The third-order valence-electron chi connectivity index (χ3n) is 3.63. The van der Waals surface area contributed by atoms with Gasteiger partial charge < -0.3 is 15.0 Å². The number of alkyl halides is 3. The van der Waals surface area contributed by atoms with Crippen molar-refractivity contribution in [1.82, 2.24) is 0 Å². The standard InChI is InChI=1S/C18H15F3N2O3S/c19-18(20,21)11-26-13-5-3-4-12(8-13)22-16(24)9-23-14-6-1-2-7-15(14)27-10-17(23)25/h1-8H,9-11H2,(H,22,24). The maximum atomic E-state index is 12.3. The van der Waals surface area contributed by atoms with Crippen molar-refractivity contribution >= 4 is 35.0 Å². The number of halogens is 3. The van der Waals surface area contributed by atoms with Crippen LogP contribution in [0.2, 0.25) is 0 Å². The van der Waals surface area contributed by atoms with Crippen LogP contribution in [-0.4, -0.2) is 36.9 Å². The zero-order chi connectivity index (χ0) is 19.4. The smallest absolute Gasteiger partial charge is 0.422 e. The number of carbonyl (C=O) groups is 2. The second-order valence-corrected chi connectivity index (χ2v) is 6.73. The molecule has 0 aromatic heterocycles. The Bertz CT molecular complexity index is 858. The largest absolute Gasteiger partial charge is 0.484 e. The quantitative estimate of drug-likeness (QED) is 0.837. The van der Waals surface area contributed by atoms with Crippen molar-refractivity contribution in [2.45, 2.75) is 11.1 Å². The highest BCUT2D eigenvalue weighted by atomic mass is 32.2. The molecule has 0 saturated heterocycles. The van der Waals surface area contributed by atoms with E-state index in [-0.39, 0.29) is 29.6 Å². The molecule has 1 heterocycles. The summed E-state index contributed by atoms with van der Waals surface area (Å²) in [6.07, 6.45) is -4.45. The molecule has 9 heteroatoms. The van der Waals surface area contributed by atoms with Crippen LogP contribution in [0, 0.1) is 0 Å². The first-order valence-electron chi connectivity index (χ1n) is 7.93. The first-order chi connectivity index (χ1) is 12.8. The van der Waals surface area contributed by atoms with Gasteiger partial charge in [0.25, 0.3) is 0 Å². The van der Waals surface area contributed by atoms with Crippen LogP contribution >= 0.6 is 11.8 Å². The van der Waals surface area contributed by atoms with Gasteiger partial charge in [0.2, 0.25) is 11.8 Å². The predicted molar refractivity (Wildman–Crippen MR) is 96.1 cm³/mol. The van der Waals surface area contributed by atoms with Gasteiger partial charge in [-0.05, 0) is 24.3 Å². The second-order valence-electron chi connectivity index (χ2n) is 5.72. The highest BCUT2D eigenvalue weighted by molar-refractivity contribution is 8.00. The van der Waals surface area contributed by atoms with E-state index in [1.54, 1.807) is 12.1 Å². The Balaban J connectivity index is 1.65. The molecule has 1 N–H and O–H groups in total. The number of thioether (sulfide) groups is 1. The highest BCUT2D eigenvalue weighted by Crippen LogP contribution is 2.34. The van der Waals surface area contributed by atoms with E-state index in [2.05, 4.69) is 10.1 Å². The van der Waals surface area contributed by atoms with Gasteiger partial charge in [0.1, 0.15) is 12.3 Å². The van der Waals surface area contributed by atoms with Crippen LogP contribution in [0.25, 0.3) is 0 Å². The first kappa shape index (κ1) is 19.1. The van der Waals surface area contributed by atoms with Crippen molar-refractivity contribution in [2.75, 3.05) is 29.1 Å². The second kappa shape index (κ2) is 7.91. The minimum absolute atomic E-state index is 0.0130. The third kappa shape index (κ3) is 5.16. The van der Waals surface area contributed by atoms with Gasteiger partial charge in [0.15, 0.2) is 6.61 Å². The highest BCUT2D eigenvalue weighted by Gasteiger charge is 2.28. The number of carbonyl (C=O) groups excluding carboxylic acids is 2. The lowest BCUT2D eigenvalue weighted by Crippen LogP contribution is -2.41. The summed E-state index contributed by atoms with van der Waals surface area (Å²) in [7, 11) is 0. The SMILES string of the molecule is O=C(CN1C(=O)CSc2ccccc21)Nc1cccc(OCC(F)(F)F)c1. The van der Waals surface area contributed by atoms with Crippen LogP contribution in [0.4, 0.5) is 24.5 Å². The number of nitrogens with zero attached hydrogens (tertiary/aromatic N) is 1. The van der Waals surface area contributed by atoms with Crippen molar-refractivity contribution in [2.24, 2.45) is 0 Å². The fraction of sp³-hybridized carbons (Fsp3) is 0.222. The Hall–Kier alpha value is -2.68. The van der Waals surface area contributed by atoms with Gasteiger partial charge in [-0.2, -0.15) is 13.2 Å². The number of rotatable bonds is 5. The number of benzene rings is 2. The maximum Gasteiger partial charge on any atom is 0.422 e. The molecular weight excluding hydrogens is 381 g/mol. The Morgan fingerprint density at radius 1 is 1.19 bits per heavy atom. The molecule has 0 aliphatic carbocycles. The van der Waals surface area contributed by atoms with E-state index in [0.717, 1.165) is 4.90 Å². The lowest BCUT2D eigenvalue weighted by molar-refractivity contribution is -0.153. The van der Waals surface area contributed by atoms with Crippen molar-refractivity contribution in [1.29, 1.82) is 0 Å². The fourth-order valence-corrected chi connectivity index (χ4v) is 3.44. The summed E-state index contributed by atoms with van der Waals surface area (Å²) in [6, 6.07) is 12.9. The molecule has 2 aromatic carbocycles. The summed E-state index contributed by atoms with van der Waals surface area (Å²) < 4.78 is 41.4. The van der Waals surface area contributed by atoms with Crippen LogP contribution in [-0.2, 0) is 9.59 Å². The van der Waals surface area contributed by atoms with Gasteiger partial charge >= 0.3 is 6.18 Å². The topological polar surface area (TPSA) is 58.6 Å². The minimum atomic E-state index is -4.45. The van der Waals surface area contributed by atoms with Crippen molar-refractivity contribution in [3.8, 4) is 5.75 Å². The number of ether oxygens (including phenoxy) is 1. The fourth-order valence-electron chi connectivity index (χ4n) is 2.50. The van der Waals surface area contributed by atoms with Gasteiger partial charge in [-0.1, -0.05) is 18.2 Å².